The number of methoxy groups -OCH3 is 1. The van der Waals surface area contributed by atoms with E-state index in [1.165, 1.54) is 56.8 Å². The van der Waals surface area contributed by atoms with E-state index in [4.69, 9.17) is 4.74 Å². The Labute approximate surface area is 159 Å². The Morgan fingerprint density at radius 1 is 1.00 bits per heavy atom. The fourth-order valence-corrected chi connectivity index (χ4v) is 5.14. The lowest BCUT2D eigenvalue weighted by molar-refractivity contribution is -0.147. The lowest BCUT2D eigenvalue weighted by atomic mass is 9.68. The monoisotopic (exact) mass is 354 g/mol. The summed E-state index contributed by atoms with van der Waals surface area (Å²) in [4.78, 5) is 11.7. The van der Waals surface area contributed by atoms with Gasteiger partial charge in [-0.05, 0) is 93.1 Å². The van der Waals surface area contributed by atoms with Crippen LogP contribution in [0.5, 0.6) is 0 Å². The van der Waals surface area contributed by atoms with Gasteiger partial charge in [-0.1, -0.05) is 30.3 Å². The molecule has 2 aliphatic rings. The molecule has 2 aliphatic carbocycles. The van der Waals surface area contributed by atoms with E-state index in [9.17, 15) is 4.79 Å². The van der Waals surface area contributed by atoms with Gasteiger partial charge in [0.25, 0.3) is 0 Å². The molecule has 0 aliphatic heterocycles. The maximum atomic E-state index is 11.7. The molecule has 2 fully saturated rings. The summed E-state index contributed by atoms with van der Waals surface area (Å²) in [5.41, 5.74) is 2.95. The summed E-state index contributed by atoms with van der Waals surface area (Å²) in [5.74, 6) is 2.61. The first-order chi connectivity index (χ1) is 12.7. The third-order valence-electron chi connectivity index (χ3n) is 6.83. The van der Waals surface area contributed by atoms with Gasteiger partial charge in [0.15, 0.2) is 0 Å². The molecule has 26 heavy (non-hydrogen) atoms. The van der Waals surface area contributed by atoms with Gasteiger partial charge in [-0.3, -0.25) is 4.79 Å². The highest BCUT2D eigenvalue weighted by atomic mass is 16.5. The van der Waals surface area contributed by atoms with Crippen LogP contribution in [0.1, 0.15) is 74.8 Å². The summed E-state index contributed by atoms with van der Waals surface area (Å²) in [6.07, 6.45) is 14.0. The molecule has 0 amide bonds. The molecule has 0 aromatic heterocycles. The Bertz CT molecular complexity index is 573. The van der Waals surface area contributed by atoms with Crippen LogP contribution in [0, 0.1) is 17.8 Å². The molecule has 1 aromatic carbocycles. The van der Waals surface area contributed by atoms with Crippen LogP contribution in [0.3, 0.4) is 0 Å². The van der Waals surface area contributed by atoms with Gasteiger partial charge in [0, 0.05) is 0 Å². The quantitative estimate of drug-likeness (QED) is 0.458. The van der Waals surface area contributed by atoms with Gasteiger partial charge in [0.05, 0.1) is 13.0 Å². The van der Waals surface area contributed by atoms with Gasteiger partial charge in [-0.25, -0.2) is 0 Å². The van der Waals surface area contributed by atoms with E-state index >= 15 is 0 Å². The zero-order valence-electron chi connectivity index (χ0n) is 16.3. The molecule has 2 saturated carbocycles. The van der Waals surface area contributed by atoms with Crippen LogP contribution in [0.2, 0.25) is 0 Å². The van der Waals surface area contributed by atoms with E-state index in [1.807, 2.05) is 6.08 Å². The van der Waals surface area contributed by atoms with Gasteiger partial charge >= 0.3 is 5.97 Å². The summed E-state index contributed by atoms with van der Waals surface area (Å²) < 4.78 is 4.92. The minimum Gasteiger partial charge on any atom is -0.469 e. The van der Waals surface area contributed by atoms with Crippen LogP contribution in [-0.4, -0.2) is 13.1 Å². The van der Waals surface area contributed by atoms with Crippen LogP contribution in [-0.2, 0) is 16.0 Å². The van der Waals surface area contributed by atoms with Crippen molar-refractivity contribution in [2.24, 2.45) is 17.8 Å². The number of ether oxygens (including phenoxy) is 1. The highest BCUT2D eigenvalue weighted by molar-refractivity contribution is 5.72. The Balaban J connectivity index is 1.46. The van der Waals surface area contributed by atoms with Crippen LogP contribution in [0.15, 0.2) is 36.9 Å². The Morgan fingerprint density at radius 3 is 2.12 bits per heavy atom. The molecule has 1 aromatic rings. The van der Waals surface area contributed by atoms with Crippen molar-refractivity contribution < 1.29 is 9.53 Å². The first kappa shape index (κ1) is 19.2. The fraction of sp³-hybridized carbons (Fsp3) is 0.625. The Morgan fingerprint density at radius 2 is 1.58 bits per heavy atom. The van der Waals surface area contributed by atoms with Crippen LogP contribution >= 0.6 is 0 Å². The summed E-state index contributed by atoms with van der Waals surface area (Å²) in [6.45, 7) is 3.81. The molecule has 0 bridgehead atoms. The first-order valence-corrected chi connectivity index (χ1v) is 10.5. The van der Waals surface area contributed by atoms with E-state index in [0.29, 0.717) is 0 Å². The van der Waals surface area contributed by atoms with E-state index in [0.717, 1.165) is 43.4 Å². The van der Waals surface area contributed by atoms with Crippen LogP contribution in [0.4, 0.5) is 0 Å². The largest absolute Gasteiger partial charge is 0.469 e. The fourth-order valence-electron chi connectivity index (χ4n) is 5.14. The number of allylic oxidation sites excluding steroid dienone is 1. The predicted molar refractivity (Wildman–Crippen MR) is 107 cm³/mol. The molecule has 2 nitrogen and oxygen atoms in total. The van der Waals surface area contributed by atoms with Crippen LogP contribution < -0.4 is 0 Å². The number of rotatable bonds is 6. The maximum absolute atomic E-state index is 11.7. The zero-order valence-corrected chi connectivity index (χ0v) is 16.3. The molecule has 2 heteroatoms. The number of aryl methyl sites for hydroxylation is 1. The summed E-state index contributed by atoms with van der Waals surface area (Å²) in [7, 11) is 1.52. The molecule has 0 heterocycles. The molecule has 0 unspecified atom stereocenters. The van der Waals surface area contributed by atoms with Crippen molar-refractivity contribution in [3.05, 3.63) is 48.0 Å². The van der Waals surface area contributed by atoms with Crippen molar-refractivity contribution in [3.63, 3.8) is 0 Å². The van der Waals surface area contributed by atoms with Gasteiger partial charge in [0.1, 0.15) is 0 Å². The molecule has 142 valence electrons. The lowest BCUT2D eigenvalue weighted by Crippen LogP contribution is -2.28. The second-order valence-electron chi connectivity index (χ2n) is 8.32. The average molecular weight is 355 g/mol. The molecular weight excluding hydrogens is 320 g/mol. The second-order valence-corrected chi connectivity index (χ2v) is 8.32. The summed E-state index contributed by atoms with van der Waals surface area (Å²) in [5, 5.41) is 0. The summed E-state index contributed by atoms with van der Waals surface area (Å²) in [6, 6.07) is 9.31. The number of hydrogen-bond donors (Lipinski definition) is 0. The number of hydrogen-bond acceptors (Lipinski definition) is 2. The zero-order chi connectivity index (χ0) is 18.4. The Hall–Kier alpha value is -1.57. The molecule has 3 rings (SSSR count). The molecule has 0 N–H and O–H groups in total. The van der Waals surface area contributed by atoms with E-state index in [-0.39, 0.29) is 11.9 Å². The third-order valence-corrected chi connectivity index (χ3v) is 6.83. The predicted octanol–water partition coefficient (Wildman–Crippen LogP) is 6.06. The van der Waals surface area contributed by atoms with E-state index in [1.54, 1.807) is 0 Å². The third kappa shape index (κ3) is 4.78. The normalized spacial score (nSPS) is 29.1. The Kier molecular flexibility index (Phi) is 6.93. The highest BCUT2D eigenvalue weighted by Crippen LogP contribution is 2.44. The maximum Gasteiger partial charge on any atom is 0.308 e. The molecule has 0 saturated heterocycles. The topological polar surface area (TPSA) is 26.3 Å². The molecule has 0 radical (unpaired) electrons. The first-order valence-electron chi connectivity index (χ1n) is 10.5. The molecular formula is C24H34O2. The number of esters is 1. The van der Waals surface area contributed by atoms with Gasteiger partial charge in [-0.2, -0.15) is 0 Å². The highest BCUT2D eigenvalue weighted by Gasteiger charge is 2.33. The second kappa shape index (κ2) is 9.39. The van der Waals surface area contributed by atoms with E-state index < -0.39 is 0 Å². The van der Waals surface area contributed by atoms with Gasteiger partial charge in [0.2, 0.25) is 0 Å². The standard InChI is InChI=1S/C24H34O2/c1-3-4-5-18-6-8-19(9-7-18)20-10-12-21(13-11-20)22-14-16-23(17-15-22)24(25)26-2/h3,6-9,20-23H,1,4-5,10-17H2,2H3/t20-,21-,22-,23-. The van der Waals surface area contributed by atoms with Crippen molar-refractivity contribution in [1.82, 2.24) is 0 Å². The van der Waals surface area contributed by atoms with Crippen LogP contribution in [0.25, 0.3) is 0 Å². The molecule has 0 spiro atoms. The molecule has 0 atom stereocenters. The van der Waals surface area contributed by atoms with Crippen molar-refractivity contribution >= 4 is 5.97 Å². The smallest absolute Gasteiger partial charge is 0.308 e. The summed E-state index contributed by atoms with van der Waals surface area (Å²) >= 11 is 0. The SMILES string of the molecule is C=CCCc1ccc([C@H]2CC[C@H]([C@H]3CC[C@H](C(=O)OC)CC3)CC2)cc1. The van der Waals surface area contributed by atoms with Crippen molar-refractivity contribution in [3.8, 4) is 0 Å². The van der Waals surface area contributed by atoms with Crippen molar-refractivity contribution in [1.29, 1.82) is 0 Å². The van der Waals surface area contributed by atoms with Gasteiger partial charge in [-0.15, -0.1) is 6.58 Å². The average Bonchev–Trinajstić information content (AvgIpc) is 2.72. The van der Waals surface area contributed by atoms with E-state index in [2.05, 4.69) is 30.8 Å². The minimum absolute atomic E-state index is 0.00342. The van der Waals surface area contributed by atoms with Crippen molar-refractivity contribution in [2.75, 3.05) is 7.11 Å². The number of benzene rings is 1. The number of carbonyl (C=O) groups is 1. The van der Waals surface area contributed by atoms with Gasteiger partial charge < -0.3 is 4.74 Å². The van der Waals surface area contributed by atoms with Crippen molar-refractivity contribution in [2.45, 2.75) is 70.1 Å². The number of carbonyl (C=O) groups excluding carboxylic acids is 1. The lowest BCUT2D eigenvalue weighted by Gasteiger charge is -2.37. The minimum atomic E-state index is 0.00342.